The molecular weight excluding hydrogens is 356 g/mol. The zero-order valence-electron chi connectivity index (χ0n) is 16.4. The first kappa shape index (κ1) is 18.9. The van der Waals surface area contributed by atoms with Crippen LogP contribution in [0.1, 0.15) is 43.0 Å². The molecule has 3 fully saturated rings. The van der Waals surface area contributed by atoms with E-state index in [9.17, 15) is 14.4 Å². The Balaban J connectivity index is 1.47. The Bertz CT molecular complexity index is 758. The number of carbonyl (C=O) groups is 3. The molecule has 1 N–H and O–H groups in total. The lowest BCUT2D eigenvalue weighted by Crippen LogP contribution is -2.56. The van der Waals surface area contributed by atoms with Crippen molar-refractivity contribution < 1.29 is 14.4 Å². The van der Waals surface area contributed by atoms with E-state index in [0.717, 1.165) is 32.5 Å². The molecule has 3 aliphatic rings. The maximum absolute atomic E-state index is 13.3. The molecule has 1 aromatic carbocycles. The number of likely N-dealkylation sites (tertiary alicyclic amines) is 2. The van der Waals surface area contributed by atoms with Crippen molar-refractivity contribution in [3.63, 3.8) is 0 Å². The van der Waals surface area contributed by atoms with Crippen molar-refractivity contribution in [1.29, 1.82) is 0 Å². The van der Waals surface area contributed by atoms with Crippen LogP contribution in [0, 0.1) is 0 Å². The lowest BCUT2D eigenvalue weighted by molar-refractivity contribution is -0.135. The zero-order valence-corrected chi connectivity index (χ0v) is 16.4. The molecule has 4 amide bonds. The number of imide groups is 1. The molecule has 0 saturated carbocycles. The third kappa shape index (κ3) is 3.28. The SMILES string of the molecule is CCN1CCC2(CC1)NC(=O)N([C@H]1CCCN(C(=O)c3ccccc3)C1)C2=O. The molecule has 3 saturated heterocycles. The summed E-state index contributed by atoms with van der Waals surface area (Å²) in [5, 5.41) is 2.99. The van der Waals surface area contributed by atoms with E-state index in [4.69, 9.17) is 0 Å². The van der Waals surface area contributed by atoms with Gasteiger partial charge in [-0.05, 0) is 44.4 Å². The van der Waals surface area contributed by atoms with Crippen LogP contribution in [0.25, 0.3) is 0 Å². The van der Waals surface area contributed by atoms with Crippen LogP contribution >= 0.6 is 0 Å². The van der Waals surface area contributed by atoms with E-state index in [1.54, 1.807) is 17.0 Å². The van der Waals surface area contributed by atoms with Gasteiger partial charge in [-0.1, -0.05) is 25.1 Å². The van der Waals surface area contributed by atoms with Crippen LogP contribution in [-0.2, 0) is 4.79 Å². The second-order valence-electron chi connectivity index (χ2n) is 8.03. The Labute approximate surface area is 165 Å². The number of amides is 4. The van der Waals surface area contributed by atoms with Gasteiger partial charge in [0.15, 0.2) is 0 Å². The Morgan fingerprint density at radius 2 is 1.86 bits per heavy atom. The molecule has 0 bridgehead atoms. The van der Waals surface area contributed by atoms with Gasteiger partial charge in [0.1, 0.15) is 5.54 Å². The summed E-state index contributed by atoms with van der Waals surface area (Å²) in [5.74, 6) is -0.143. The van der Waals surface area contributed by atoms with Crippen LogP contribution in [-0.4, -0.2) is 76.8 Å². The predicted molar refractivity (Wildman–Crippen MR) is 105 cm³/mol. The van der Waals surface area contributed by atoms with Gasteiger partial charge < -0.3 is 15.1 Å². The highest BCUT2D eigenvalue weighted by atomic mass is 16.2. The molecule has 0 aliphatic carbocycles. The molecule has 3 heterocycles. The molecular formula is C21H28N4O3. The Morgan fingerprint density at radius 3 is 2.54 bits per heavy atom. The molecule has 4 rings (SSSR count). The Morgan fingerprint density at radius 1 is 1.14 bits per heavy atom. The van der Waals surface area contributed by atoms with Gasteiger partial charge >= 0.3 is 6.03 Å². The van der Waals surface area contributed by atoms with Crippen molar-refractivity contribution in [2.75, 3.05) is 32.7 Å². The molecule has 150 valence electrons. The summed E-state index contributed by atoms with van der Waals surface area (Å²) in [7, 11) is 0. The molecule has 7 heteroatoms. The lowest BCUT2D eigenvalue weighted by atomic mass is 9.87. The van der Waals surface area contributed by atoms with Gasteiger partial charge in [-0.15, -0.1) is 0 Å². The second kappa shape index (κ2) is 7.54. The molecule has 3 aliphatic heterocycles. The lowest BCUT2D eigenvalue weighted by Gasteiger charge is -2.39. The van der Waals surface area contributed by atoms with E-state index in [0.29, 0.717) is 31.5 Å². The predicted octanol–water partition coefficient (Wildman–Crippen LogP) is 1.70. The number of urea groups is 1. The van der Waals surface area contributed by atoms with Crippen molar-refractivity contribution in [3.05, 3.63) is 35.9 Å². The van der Waals surface area contributed by atoms with Gasteiger partial charge in [0.25, 0.3) is 11.8 Å². The highest BCUT2D eigenvalue weighted by molar-refractivity contribution is 6.07. The maximum atomic E-state index is 13.3. The van der Waals surface area contributed by atoms with Gasteiger partial charge in [0.2, 0.25) is 0 Å². The maximum Gasteiger partial charge on any atom is 0.325 e. The normalized spacial score (nSPS) is 25.2. The van der Waals surface area contributed by atoms with E-state index in [2.05, 4.69) is 17.1 Å². The molecule has 28 heavy (non-hydrogen) atoms. The summed E-state index contributed by atoms with van der Waals surface area (Å²) in [6.07, 6.45) is 2.84. The third-order valence-electron chi connectivity index (χ3n) is 6.42. The van der Waals surface area contributed by atoms with Gasteiger partial charge in [-0.3, -0.25) is 14.5 Å². The van der Waals surface area contributed by atoms with Crippen LogP contribution in [0.3, 0.4) is 0 Å². The summed E-state index contributed by atoms with van der Waals surface area (Å²) in [4.78, 5) is 44.3. The topological polar surface area (TPSA) is 73.0 Å². The monoisotopic (exact) mass is 384 g/mol. The smallest absolute Gasteiger partial charge is 0.325 e. The minimum atomic E-state index is -0.755. The highest BCUT2D eigenvalue weighted by Crippen LogP contribution is 2.32. The van der Waals surface area contributed by atoms with Crippen LogP contribution < -0.4 is 5.32 Å². The van der Waals surface area contributed by atoms with E-state index < -0.39 is 5.54 Å². The molecule has 0 radical (unpaired) electrons. The molecule has 1 atom stereocenters. The minimum absolute atomic E-state index is 0.0386. The fraction of sp³-hybridized carbons (Fsp3) is 0.571. The van der Waals surface area contributed by atoms with Crippen molar-refractivity contribution >= 4 is 17.8 Å². The van der Waals surface area contributed by atoms with E-state index in [-0.39, 0.29) is 23.9 Å². The summed E-state index contributed by atoms with van der Waals surface area (Å²) in [6.45, 7) is 5.77. The fourth-order valence-corrected chi connectivity index (χ4v) is 4.68. The standard InChI is InChI=1S/C21H28N4O3/c1-2-23-13-10-21(11-14-23)19(27)25(20(28)22-21)17-9-6-12-24(15-17)18(26)16-7-4-3-5-8-16/h3-5,7-8,17H,2,6,9-15H2,1H3,(H,22,28)/t17-/m0/s1. The van der Waals surface area contributed by atoms with Crippen LogP contribution in [0.4, 0.5) is 4.79 Å². The summed E-state index contributed by atoms with van der Waals surface area (Å²) >= 11 is 0. The number of hydrogen-bond donors (Lipinski definition) is 1. The quantitative estimate of drug-likeness (QED) is 0.805. The third-order valence-corrected chi connectivity index (χ3v) is 6.42. The number of hydrogen-bond acceptors (Lipinski definition) is 4. The number of nitrogens with one attached hydrogen (secondary N) is 1. The van der Waals surface area contributed by atoms with Crippen LogP contribution in [0.5, 0.6) is 0 Å². The van der Waals surface area contributed by atoms with Gasteiger partial charge in [0, 0.05) is 31.7 Å². The first-order valence-electron chi connectivity index (χ1n) is 10.3. The highest BCUT2D eigenvalue weighted by Gasteiger charge is 2.54. The van der Waals surface area contributed by atoms with Crippen LogP contribution in [0.2, 0.25) is 0 Å². The van der Waals surface area contributed by atoms with Crippen molar-refractivity contribution in [1.82, 2.24) is 20.0 Å². The van der Waals surface area contributed by atoms with Crippen molar-refractivity contribution in [2.45, 2.75) is 44.2 Å². The van der Waals surface area contributed by atoms with Crippen molar-refractivity contribution in [2.24, 2.45) is 0 Å². The van der Waals surface area contributed by atoms with E-state index >= 15 is 0 Å². The fourth-order valence-electron chi connectivity index (χ4n) is 4.68. The molecule has 1 aromatic rings. The zero-order chi connectivity index (χ0) is 19.7. The van der Waals surface area contributed by atoms with E-state index in [1.165, 1.54) is 4.90 Å². The summed E-state index contributed by atoms with van der Waals surface area (Å²) in [6, 6.07) is 8.63. The number of nitrogens with zero attached hydrogens (tertiary/aromatic N) is 3. The summed E-state index contributed by atoms with van der Waals surface area (Å²) in [5.41, 5.74) is -0.113. The molecule has 0 aromatic heterocycles. The summed E-state index contributed by atoms with van der Waals surface area (Å²) < 4.78 is 0. The number of benzene rings is 1. The molecule has 7 nitrogen and oxygen atoms in total. The number of carbonyl (C=O) groups excluding carboxylic acids is 3. The average molecular weight is 384 g/mol. The average Bonchev–Trinajstić information content (AvgIpc) is 2.98. The number of piperidine rings is 2. The molecule has 0 unspecified atom stereocenters. The van der Waals surface area contributed by atoms with Crippen molar-refractivity contribution in [3.8, 4) is 0 Å². The minimum Gasteiger partial charge on any atom is -0.337 e. The van der Waals surface area contributed by atoms with Gasteiger partial charge in [0.05, 0.1) is 6.04 Å². The first-order chi connectivity index (χ1) is 13.5. The second-order valence-corrected chi connectivity index (χ2v) is 8.03. The Hall–Kier alpha value is -2.41. The van der Waals surface area contributed by atoms with Gasteiger partial charge in [-0.25, -0.2) is 4.79 Å². The van der Waals surface area contributed by atoms with E-state index in [1.807, 2.05) is 18.2 Å². The molecule has 1 spiro atoms. The number of rotatable bonds is 3. The largest absolute Gasteiger partial charge is 0.337 e. The van der Waals surface area contributed by atoms with Gasteiger partial charge in [-0.2, -0.15) is 0 Å². The van der Waals surface area contributed by atoms with Crippen LogP contribution in [0.15, 0.2) is 30.3 Å². The first-order valence-corrected chi connectivity index (χ1v) is 10.3. The Kier molecular flexibility index (Phi) is 5.10.